The molecule has 0 aliphatic carbocycles. The van der Waals surface area contributed by atoms with Gasteiger partial charge < -0.3 is 20.9 Å². The first-order valence-corrected chi connectivity index (χ1v) is 7.37. The van der Waals surface area contributed by atoms with Crippen LogP contribution in [0.2, 0.25) is 0 Å². The van der Waals surface area contributed by atoms with Crippen molar-refractivity contribution < 1.29 is 4.79 Å². The molecule has 2 aromatic rings. The normalized spacial score (nSPS) is 22.2. The molecule has 1 aliphatic heterocycles. The van der Waals surface area contributed by atoms with Crippen LogP contribution in [-0.4, -0.2) is 41.6 Å². The summed E-state index contributed by atoms with van der Waals surface area (Å²) in [7, 11) is 1.64. The van der Waals surface area contributed by atoms with E-state index in [1.807, 2.05) is 12.3 Å². The number of H-pyrrole nitrogens is 1. The Labute approximate surface area is 123 Å². The number of aromatic amines is 1. The molecule has 2 atom stereocenters. The zero-order valence-electron chi connectivity index (χ0n) is 12.4. The number of piperidine rings is 1. The molecule has 112 valence electrons. The fourth-order valence-corrected chi connectivity index (χ4v) is 2.94. The van der Waals surface area contributed by atoms with Crippen LogP contribution in [0.1, 0.15) is 30.1 Å². The van der Waals surface area contributed by atoms with Crippen LogP contribution in [0.3, 0.4) is 0 Å². The van der Waals surface area contributed by atoms with Gasteiger partial charge in [0.05, 0.1) is 11.3 Å². The van der Waals surface area contributed by atoms with Crippen molar-refractivity contribution in [1.82, 2.24) is 20.6 Å². The Morgan fingerprint density at radius 1 is 1.48 bits per heavy atom. The Morgan fingerprint density at radius 2 is 2.33 bits per heavy atom. The topological polar surface area (TPSA) is 81.8 Å². The molecule has 1 amide bonds. The second-order valence-electron chi connectivity index (χ2n) is 5.59. The number of hydrogen-bond donors (Lipinski definition) is 4. The number of aromatic nitrogens is 2. The SMILES string of the molecule is CNC(=O)c1cnc2[nH]ccc2c1N[C@@H]1CCN[C@H](C)C1. The number of nitrogens with zero attached hydrogens (tertiary/aromatic N) is 1. The Bertz CT molecular complexity index is 651. The molecule has 0 spiro atoms. The molecule has 0 aromatic carbocycles. The number of hydrogen-bond acceptors (Lipinski definition) is 4. The van der Waals surface area contributed by atoms with Gasteiger partial charge in [0.25, 0.3) is 5.91 Å². The van der Waals surface area contributed by atoms with E-state index in [-0.39, 0.29) is 5.91 Å². The van der Waals surface area contributed by atoms with Gasteiger partial charge in [-0.1, -0.05) is 0 Å². The van der Waals surface area contributed by atoms with E-state index in [1.54, 1.807) is 13.2 Å². The van der Waals surface area contributed by atoms with Gasteiger partial charge in [0.1, 0.15) is 5.65 Å². The predicted octanol–water partition coefficient (Wildman–Crippen LogP) is 1.47. The van der Waals surface area contributed by atoms with Crippen molar-refractivity contribution in [3.63, 3.8) is 0 Å². The van der Waals surface area contributed by atoms with Crippen LogP contribution in [0.15, 0.2) is 18.5 Å². The molecule has 0 radical (unpaired) electrons. The van der Waals surface area contributed by atoms with Gasteiger partial charge in [0, 0.05) is 36.9 Å². The van der Waals surface area contributed by atoms with E-state index in [2.05, 4.69) is 32.8 Å². The number of amides is 1. The largest absolute Gasteiger partial charge is 0.381 e. The highest BCUT2D eigenvalue weighted by Gasteiger charge is 2.22. The number of carbonyl (C=O) groups excluding carboxylic acids is 1. The lowest BCUT2D eigenvalue weighted by molar-refractivity contribution is 0.0963. The van der Waals surface area contributed by atoms with E-state index in [0.29, 0.717) is 17.6 Å². The summed E-state index contributed by atoms with van der Waals surface area (Å²) in [6, 6.07) is 2.81. The smallest absolute Gasteiger partial charge is 0.254 e. The van der Waals surface area contributed by atoms with Gasteiger partial charge in [-0.15, -0.1) is 0 Å². The molecule has 1 fully saturated rings. The molecule has 2 aromatic heterocycles. The third-order valence-corrected chi connectivity index (χ3v) is 4.03. The standard InChI is InChI=1S/C15H21N5O/c1-9-7-10(3-5-17-9)20-13-11-4-6-18-14(11)19-8-12(13)15(21)16-2/h4,6,8-10,17H,3,5,7H2,1-2H3,(H,16,21)(H2,18,19,20)/t9-,10-/m1/s1. The maximum absolute atomic E-state index is 12.1. The first-order chi connectivity index (χ1) is 10.2. The van der Waals surface area contributed by atoms with E-state index in [0.717, 1.165) is 36.1 Å². The molecule has 1 saturated heterocycles. The summed E-state index contributed by atoms with van der Waals surface area (Å²) in [5, 5.41) is 10.6. The average Bonchev–Trinajstić information content (AvgIpc) is 2.96. The Balaban J connectivity index is 1.97. The molecular weight excluding hydrogens is 266 g/mol. The molecule has 0 bridgehead atoms. The molecule has 6 nitrogen and oxygen atoms in total. The number of pyridine rings is 1. The minimum atomic E-state index is -0.116. The highest BCUT2D eigenvalue weighted by atomic mass is 16.1. The molecule has 21 heavy (non-hydrogen) atoms. The summed E-state index contributed by atoms with van der Waals surface area (Å²) in [5.74, 6) is -0.116. The quantitative estimate of drug-likeness (QED) is 0.689. The van der Waals surface area contributed by atoms with Crippen LogP contribution in [0.25, 0.3) is 11.0 Å². The van der Waals surface area contributed by atoms with E-state index >= 15 is 0 Å². The first kappa shape index (κ1) is 13.9. The number of anilines is 1. The van der Waals surface area contributed by atoms with Crippen molar-refractivity contribution >= 4 is 22.6 Å². The summed E-state index contributed by atoms with van der Waals surface area (Å²) >= 11 is 0. The second-order valence-corrected chi connectivity index (χ2v) is 5.59. The average molecular weight is 287 g/mol. The van der Waals surface area contributed by atoms with Crippen LogP contribution in [0, 0.1) is 0 Å². The zero-order valence-corrected chi connectivity index (χ0v) is 12.4. The number of fused-ring (bicyclic) bond motifs is 1. The molecule has 0 unspecified atom stereocenters. The van der Waals surface area contributed by atoms with Gasteiger partial charge in [0.2, 0.25) is 0 Å². The lowest BCUT2D eigenvalue weighted by Crippen LogP contribution is -2.41. The Morgan fingerprint density at radius 3 is 3.10 bits per heavy atom. The summed E-state index contributed by atoms with van der Waals surface area (Å²) < 4.78 is 0. The minimum Gasteiger partial charge on any atom is -0.381 e. The van der Waals surface area contributed by atoms with E-state index in [4.69, 9.17) is 0 Å². The van der Waals surface area contributed by atoms with Gasteiger partial charge >= 0.3 is 0 Å². The highest BCUT2D eigenvalue weighted by molar-refractivity contribution is 6.06. The van der Waals surface area contributed by atoms with Gasteiger partial charge in [0.15, 0.2) is 0 Å². The van der Waals surface area contributed by atoms with Gasteiger partial charge in [-0.05, 0) is 32.4 Å². The third-order valence-electron chi connectivity index (χ3n) is 4.03. The van der Waals surface area contributed by atoms with Crippen LogP contribution >= 0.6 is 0 Å². The minimum absolute atomic E-state index is 0.116. The van der Waals surface area contributed by atoms with Crippen molar-refractivity contribution in [1.29, 1.82) is 0 Å². The van der Waals surface area contributed by atoms with Crippen LogP contribution in [0.4, 0.5) is 5.69 Å². The Hall–Kier alpha value is -2.08. The predicted molar refractivity (Wildman–Crippen MR) is 83.6 cm³/mol. The molecule has 6 heteroatoms. The summed E-state index contributed by atoms with van der Waals surface area (Å²) in [6.45, 7) is 3.18. The first-order valence-electron chi connectivity index (χ1n) is 7.37. The van der Waals surface area contributed by atoms with Gasteiger partial charge in [-0.3, -0.25) is 4.79 Å². The van der Waals surface area contributed by atoms with E-state index < -0.39 is 0 Å². The zero-order chi connectivity index (χ0) is 14.8. The van der Waals surface area contributed by atoms with E-state index in [1.165, 1.54) is 0 Å². The summed E-state index contributed by atoms with van der Waals surface area (Å²) in [5.41, 5.74) is 2.27. The lowest BCUT2D eigenvalue weighted by Gasteiger charge is -2.30. The molecule has 3 rings (SSSR count). The molecule has 0 saturated carbocycles. The number of rotatable bonds is 3. The monoisotopic (exact) mass is 287 g/mol. The van der Waals surface area contributed by atoms with E-state index in [9.17, 15) is 4.79 Å². The Kier molecular flexibility index (Phi) is 3.79. The highest BCUT2D eigenvalue weighted by Crippen LogP contribution is 2.27. The van der Waals surface area contributed by atoms with Crippen LogP contribution in [-0.2, 0) is 0 Å². The summed E-state index contributed by atoms with van der Waals surface area (Å²) in [4.78, 5) is 19.5. The molecule has 1 aliphatic rings. The maximum atomic E-state index is 12.1. The lowest BCUT2D eigenvalue weighted by atomic mass is 9.99. The fourth-order valence-electron chi connectivity index (χ4n) is 2.94. The maximum Gasteiger partial charge on any atom is 0.254 e. The van der Waals surface area contributed by atoms with Crippen molar-refractivity contribution in [3.05, 3.63) is 24.0 Å². The van der Waals surface area contributed by atoms with Crippen LogP contribution in [0.5, 0.6) is 0 Å². The van der Waals surface area contributed by atoms with Crippen molar-refractivity contribution in [2.45, 2.75) is 31.8 Å². The van der Waals surface area contributed by atoms with Crippen molar-refractivity contribution in [2.75, 3.05) is 18.9 Å². The fraction of sp³-hybridized carbons (Fsp3) is 0.467. The van der Waals surface area contributed by atoms with Gasteiger partial charge in [-0.2, -0.15) is 0 Å². The van der Waals surface area contributed by atoms with Crippen LogP contribution < -0.4 is 16.0 Å². The molecule has 4 N–H and O–H groups in total. The number of nitrogens with one attached hydrogen (secondary N) is 4. The third kappa shape index (κ3) is 2.71. The van der Waals surface area contributed by atoms with Gasteiger partial charge in [-0.25, -0.2) is 4.98 Å². The molecular formula is C15H21N5O. The van der Waals surface area contributed by atoms with Crippen molar-refractivity contribution in [2.24, 2.45) is 0 Å². The summed E-state index contributed by atoms with van der Waals surface area (Å²) in [6.07, 6.45) is 5.57. The second kappa shape index (κ2) is 5.73. The molecule has 3 heterocycles. The van der Waals surface area contributed by atoms with Crippen molar-refractivity contribution in [3.8, 4) is 0 Å². The number of carbonyl (C=O) groups is 1.